The number of nitrogens with one attached hydrogen (secondary N) is 1. The number of thiazole rings is 1. The van der Waals surface area contributed by atoms with E-state index in [0.29, 0.717) is 6.04 Å². The van der Waals surface area contributed by atoms with Gasteiger partial charge in [0.25, 0.3) is 0 Å². The molecule has 0 aliphatic rings. The summed E-state index contributed by atoms with van der Waals surface area (Å²) in [6, 6.07) is 0.673. The number of hydrogen-bond acceptors (Lipinski definition) is 3. The summed E-state index contributed by atoms with van der Waals surface area (Å²) in [4.78, 5) is 5.92. The van der Waals surface area contributed by atoms with Crippen LogP contribution in [0.3, 0.4) is 0 Å². The zero-order chi connectivity index (χ0) is 11.3. The first kappa shape index (κ1) is 12.7. The van der Waals surface area contributed by atoms with Crippen molar-refractivity contribution < 1.29 is 0 Å². The van der Waals surface area contributed by atoms with Gasteiger partial charge in [-0.15, -0.1) is 11.3 Å². The van der Waals surface area contributed by atoms with Gasteiger partial charge in [-0.2, -0.15) is 0 Å². The van der Waals surface area contributed by atoms with Gasteiger partial charge in [0.2, 0.25) is 0 Å². The fourth-order valence-corrected chi connectivity index (χ4v) is 2.67. The van der Waals surface area contributed by atoms with Crippen LogP contribution in [0.1, 0.15) is 41.8 Å². The minimum atomic E-state index is 0.673. The predicted molar refractivity (Wildman–Crippen MR) is 67.7 cm³/mol. The molecule has 0 aliphatic carbocycles. The number of nitrogens with zero attached hydrogens (tertiary/aromatic N) is 1. The van der Waals surface area contributed by atoms with Crippen LogP contribution in [0.5, 0.6) is 0 Å². The molecule has 0 fully saturated rings. The average molecular weight is 226 g/mol. The first-order valence-electron chi connectivity index (χ1n) is 5.77. The Hall–Kier alpha value is -0.410. The van der Waals surface area contributed by atoms with Crippen molar-refractivity contribution in [2.75, 3.05) is 7.05 Å². The van der Waals surface area contributed by atoms with Crippen LogP contribution in [0.2, 0.25) is 0 Å². The Balaban J connectivity index is 2.31. The molecule has 15 heavy (non-hydrogen) atoms. The maximum atomic E-state index is 4.56. The standard InChI is InChI=1S/C12H22N2S/c1-5-11(13-4)7-6-8-12-14-9(2)10(3)15-12/h11,13H,5-8H2,1-4H3. The molecule has 3 heteroatoms. The van der Waals surface area contributed by atoms with Gasteiger partial charge in [-0.05, 0) is 46.6 Å². The van der Waals surface area contributed by atoms with Crippen molar-refractivity contribution in [3.63, 3.8) is 0 Å². The quantitative estimate of drug-likeness (QED) is 0.806. The van der Waals surface area contributed by atoms with E-state index in [1.165, 1.54) is 34.8 Å². The van der Waals surface area contributed by atoms with Crippen molar-refractivity contribution in [1.82, 2.24) is 10.3 Å². The van der Waals surface area contributed by atoms with Gasteiger partial charge in [0.1, 0.15) is 0 Å². The highest BCUT2D eigenvalue weighted by Crippen LogP contribution is 2.18. The number of hydrogen-bond donors (Lipinski definition) is 1. The Morgan fingerprint density at radius 3 is 2.60 bits per heavy atom. The van der Waals surface area contributed by atoms with Crippen molar-refractivity contribution in [3.05, 3.63) is 15.6 Å². The van der Waals surface area contributed by atoms with Gasteiger partial charge in [0.15, 0.2) is 0 Å². The average Bonchev–Trinajstić information content (AvgIpc) is 2.53. The molecule has 1 N–H and O–H groups in total. The molecule has 1 aromatic rings. The Bertz CT molecular complexity index is 270. The molecule has 2 nitrogen and oxygen atoms in total. The first-order valence-corrected chi connectivity index (χ1v) is 6.59. The second-order valence-electron chi connectivity index (χ2n) is 4.04. The zero-order valence-corrected chi connectivity index (χ0v) is 11.1. The molecule has 0 aliphatic heterocycles. The lowest BCUT2D eigenvalue weighted by atomic mass is 10.1. The van der Waals surface area contributed by atoms with Gasteiger partial charge in [0.05, 0.1) is 10.7 Å². The van der Waals surface area contributed by atoms with Crippen LogP contribution in [0.15, 0.2) is 0 Å². The van der Waals surface area contributed by atoms with Crippen molar-refractivity contribution in [2.45, 2.75) is 52.5 Å². The lowest BCUT2D eigenvalue weighted by molar-refractivity contribution is 0.491. The SMILES string of the molecule is CCC(CCCc1nc(C)c(C)s1)NC. The third-order valence-corrected chi connectivity index (χ3v) is 4.05. The molecular formula is C12H22N2S. The normalized spacial score (nSPS) is 13.1. The summed E-state index contributed by atoms with van der Waals surface area (Å²) < 4.78 is 0. The lowest BCUT2D eigenvalue weighted by Gasteiger charge is -2.12. The molecular weight excluding hydrogens is 204 g/mol. The van der Waals surface area contributed by atoms with Crippen LogP contribution in [0.25, 0.3) is 0 Å². The van der Waals surface area contributed by atoms with Gasteiger partial charge in [-0.3, -0.25) is 0 Å². The Morgan fingerprint density at radius 1 is 1.40 bits per heavy atom. The topological polar surface area (TPSA) is 24.9 Å². The fraction of sp³-hybridized carbons (Fsp3) is 0.750. The zero-order valence-electron chi connectivity index (χ0n) is 10.3. The minimum absolute atomic E-state index is 0.673. The third-order valence-electron chi connectivity index (χ3n) is 2.92. The molecule has 0 saturated carbocycles. The summed E-state index contributed by atoms with van der Waals surface area (Å²) in [5.74, 6) is 0. The Morgan fingerprint density at radius 2 is 2.13 bits per heavy atom. The molecule has 1 heterocycles. The molecule has 86 valence electrons. The van der Waals surface area contributed by atoms with Crippen LogP contribution >= 0.6 is 11.3 Å². The summed E-state index contributed by atoms with van der Waals surface area (Å²) >= 11 is 1.85. The maximum Gasteiger partial charge on any atom is 0.0930 e. The molecule has 0 bridgehead atoms. The molecule has 1 atom stereocenters. The first-order chi connectivity index (χ1) is 7.17. The number of aromatic nitrogens is 1. The summed E-state index contributed by atoms with van der Waals surface area (Å²) in [7, 11) is 2.05. The van der Waals surface area contributed by atoms with E-state index >= 15 is 0 Å². The Labute approximate surface area is 97.1 Å². The molecule has 0 radical (unpaired) electrons. The van der Waals surface area contributed by atoms with E-state index in [1.54, 1.807) is 0 Å². The third kappa shape index (κ3) is 3.92. The second kappa shape index (κ2) is 6.23. The van der Waals surface area contributed by atoms with Crippen LogP contribution in [-0.2, 0) is 6.42 Å². The van der Waals surface area contributed by atoms with Gasteiger partial charge in [-0.1, -0.05) is 6.92 Å². The van der Waals surface area contributed by atoms with Gasteiger partial charge >= 0.3 is 0 Å². The minimum Gasteiger partial charge on any atom is -0.317 e. The van der Waals surface area contributed by atoms with Crippen molar-refractivity contribution >= 4 is 11.3 Å². The molecule has 1 unspecified atom stereocenters. The fourth-order valence-electron chi connectivity index (χ4n) is 1.70. The smallest absolute Gasteiger partial charge is 0.0930 e. The van der Waals surface area contributed by atoms with Gasteiger partial charge < -0.3 is 5.32 Å². The molecule has 0 amide bonds. The van der Waals surface area contributed by atoms with Gasteiger partial charge in [-0.25, -0.2) is 4.98 Å². The summed E-state index contributed by atoms with van der Waals surface area (Å²) in [5.41, 5.74) is 1.20. The number of aryl methyl sites for hydroxylation is 3. The number of rotatable bonds is 6. The van der Waals surface area contributed by atoms with Crippen molar-refractivity contribution in [2.24, 2.45) is 0 Å². The van der Waals surface area contributed by atoms with E-state index in [4.69, 9.17) is 0 Å². The van der Waals surface area contributed by atoms with E-state index < -0.39 is 0 Å². The van der Waals surface area contributed by atoms with Gasteiger partial charge in [0, 0.05) is 10.9 Å². The maximum absolute atomic E-state index is 4.56. The molecule has 1 rings (SSSR count). The van der Waals surface area contributed by atoms with Crippen molar-refractivity contribution in [1.29, 1.82) is 0 Å². The van der Waals surface area contributed by atoms with E-state index in [-0.39, 0.29) is 0 Å². The highest BCUT2D eigenvalue weighted by Gasteiger charge is 2.06. The highest BCUT2D eigenvalue weighted by molar-refractivity contribution is 7.11. The monoisotopic (exact) mass is 226 g/mol. The predicted octanol–water partition coefficient (Wildman–Crippen LogP) is 3.08. The van der Waals surface area contributed by atoms with Crippen LogP contribution < -0.4 is 5.32 Å². The van der Waals surface area contributed by atoms with E-state index in [1.807, 2.05) is 18.4 Å². The molecule has 1 aromatic heterocycles. The summed E-state index contributed by atoms with van der Waals surface area (Å²) in [6.45, 7) is 6.48. The van der Waals surface area contributed by atoms with E-state index in [0.717, 1.165) is 6.42 Å². The van der Waals surface area contributed by atoms with E-state index in [2.05, 4.69) is 31.1 Å². The summed E-state index contributed by atoms with van der Waals surface area (Å²) in [5, 5.41) is 4.64. The van der Waals surface area contributed by atoms with Crippen molar-refractivity contribution in [3.8, 4) is 0 Å². The molecule has 0 saturated heterocycles. The van der Waals surface area contributed by atoms with Crippen LogP contribution in [0, 0.1) is 13.8 Å². The largest absolute Gasteiger partial charge is 0.317 e. The second-order valence-corrected chi connectivity index (χ2v) is 5.32. The molecule has 0 spiro atoms. The Kier molecular flexibility index (Phi) is 5.26. The highest BCUT2D eigenvalue weighted by atomic mass is 32.1. The van der Waals surface area contributed by atoms with Crippen LogP contribution in [-0.4, -0.2) is 18.1 Å². The molecule has 0 aromatic carbocycles. The summed E-state index contributed by atoms with van der Waals surface area (Å²) in [6.07, 6.45) is 4.85. The lowest BCUT2D eigenvalue weighted by Crippen LogP contribution is -2.23. The van der Waals surface area contributed by atoms with E-state index in [9.17, 15) is 0 Å². The van der Waals surface area contributed by atoms with Crippen LogP contribution in [0.4, 0.5) is 0 Å².